The number of nitrogens with zero attached hydrogens (tertiary/aromatic N) is 2. The highest BCUT2D eigenvalue weighted by Gasteiger charge is 2.09. The van der Waals surface area contributed by atoms with Crippen molar-refractivity contribution >= 4 is 33.9 Å². The van der Waals surface area contributed by atoms with Crippen LogP contribution in [0.4, 0.5) is 16.6 Å². The first-order valence-electron chi connectivity index (χ1n) is 7.59. The van der Waals surface area contributed by atoms with E-state index in [1.54, 1.807) is 6.20 Å². The molecule has 0 aliphatic carbocycles. The van der Waals surface area contributed by atoms with Crippen LogP contribution in [0.25, 0.3) is 0 Å². The molecule has 2 aromatic heterocycles. The molecule has 0 spiro atoms. The van der Waals surface area contributed by atoms with E-state index in [1.807, 2.05) is 49.6 Å². The van der Waals surface area contributed by atoms with Gasteiger partial charge in [-0.05, 0) is 49.2 Å². The molecular formula is C18H18N4OS. The van der Waals surface area contributed by atoms with Gasteiger partial charge in [0.05, 0.1) is 12.1 Å². The van der Waals surface area contributed by atoms with Crippen molar-refractivity contribution in [2.75, 3.05) is 10.6 Å². The average molecular weight is 338 g/mol. The Labute approximate surface area is 144 Å². The lowest BCUT2D eigenvalue weighted by Crippen LogP contribution is -2.14. The normalized spacial score (nSPS) is 10.4. The molecule has 0 fully saturated rings. The number of hydrogen-bond donors (Lipinski definition) is 2. The molecule has 0 bridgehead atoms. The Morgan fingerprint density at radius 3 is 2.67 bits per heavy atom. The molecule has 0 radical (unpaired) electrons. The number of aryl methyl sites for hydroxylation is 2. The molecule has 0 aliphatic rings. The number of pyridine rings is 1. The van der Waals surface area contributed by atoms with Gasteiger partial charge in [0.1, 0.15) is 5.82 Å². The first kappa shape index (κ1) is 16.1. The molecule has 0 saturated carbocycles. The molecule has 1 amide bonds. The van der Waals surface area contributed by atoms with Gasteiger partial charge < -0.3 is 10.6 Å². The van der Waals surface area contributed by atoms with E-state index in [0.717, 1.165) is 33.5 Å². The quantitative estimate of drug-likeness (QED) is 0.735. The van der Waals surface area contributed by atoms with Crippen LogP contribution in [0.5, 0.6) is 0 Å². The summed E-state index contributed by atoms with van der Waals surface area (Å²) in [6.45, 7) is 4.03. The van der Waals surface area contributed by atoms with Crippen molar-refractivity contribution in [2.24, 2.45) is 0 Å². The minimum Gasteiger partial charge on any atom is -0.326 e. The fourth-order valence-electron chi connectivity index (χ4n) is 2.41. The van der Waals surface area contributed by atoms with E-state index >= 15 is 0 Å². The summed E-state index contributed by atoms with van der Waals surface area (Å²) >= 11 is 1.46. The summed E-state index contributed by atoms with van der Waals surface area (Å²) in [6, 6.07) is 11.6. The van der Waals surface area contributed by atoms with Crippen LogP contribution >= 0.6 is 11.3 Å². The minimum atomic E-state index is -0.0744. The molecule has 2 heterocycles. The number of carbonyl (C=O) groups is 1. The summed E-state index contributed by atoms with van der Waals surface area (Å²) in [7, 11) is 0. The van der Waals surface area contributed by atoms with Crippen LogP contribution < -0.4 is 10.6 Å². The van der Waals surface area contributed by atoms with Gasteiger partial charge in [-0.1, -0.05) is 12.1 Å². The molecule has 0 aliphatic heterocycles. The zero-order chi connectivity index (χ0) is 16.9. The van der Waals surface area contributed by atoms with Gasteiger partial charge in [-0.2, -0.15) is 0 Å². The zero-order valence-corrected chi connectivity index (χ0v) is 14.4. The summed E-state index contributed by atoms with van der Waals surface area (Å²) in [5.41, 5.74) is 3.81. The SMILES string of the molecule is Cc1cc(C)cc(NC(=O)Cc2csc(Nc3ccccn3)n2)c1. The minimum absolute atomic E-state index is 0.0744. The molecule has 0 unspecified atom stereocenters. The third-order valence-corrected chi connectivity index (χ3v) is 4.11. The number of anilines is 3. The van der Waals surface area contributed by atoms with Gasteiger partial charge in [0, 0.05) is 17.3 Å². The highest BCUT2D eigenvalue weighted by molar-refractivity contribution is 7.13. The molecule has 0 saturated heterocycles. The van der Waals surface area contributed by atoms with E-state index in [4.69, 9.17) is 0 Å². The van der Waals surface area contributed by atoms with Crippen molar-refractivity contribution in [1.29, 1.82) is 0 Å². The smallest absolute Gasteiger partial charge is 0.230 e. The van der Waals surface area contributed by atoms with Crippen molar-refractivity contribution < 1.29 is 4.79 Å². The predicted molar refractivity (Wildman–Crippen MR) is 97.9 cm³/mol. The van der Waals surface area contributed by atoms with Gasteiger partial charge in [0.15, 0.2) is 5.13 Å². The fourth-order valence-corrected chi connectivity index (χ4v) is 3.13. The number of thiazole rings is 1. The molecule has 3 aromatic rings. The van der Waals surface area contributed by atoms with Crippen LogP contribution in [0, 0.1) is 13.8 Å². The Morgan fingerprint density at radius 1 is 1.17 bits per heavy atom. The van der Waals surface area contributed by atoms with Gasteiger partial charge >= 0.3 is 0 Å². The van der Waals surface area contributed by atoms with Crippen LogP contribution in [0.15, 0.2) is 48.0 Å². The first-order valence-corrected chi connectivity index (χ1v) is 8.47. The number of hydrogen-bond acceptors (Lipinski definition) is 5. The third kappa shape index (κ3) is 4.39. The zero-order valence-electron chi connectivity index (χ0n) is 13.5. The van der Waals surface area contributed by atoms with Crippen LogP contribution in [0.1, 0.15) is 16.8 Å². The van der Waals surface area contributed by atoms with Crippen molar-refractivity contribution in [2.45, 2.75) is 20.3 Å². The number of amides is 1. The van der Waals surface area contributed by atoms with E-state index < -0.39 is 0 Å². The summed E-state index contributed by atoms with van der Waals surface area (Å²) in [4.78, 5) is 20.8. The lowest BCUT2D eigenvalue weighted by Gasteiger charge is -2.06. The van der Waals surface area contributed by atoms with Gasteiger partial charge in [0.2, 0.25) is 5.91 Å². The van der Waals surface area contributed by atoms with Gasteiger partial charge in [-0.3, -0.25) is 4.79 Å². The Balaban J connectivity index is 1.61. The molecule has 24 heavy (non-hydrogen) atoms. The highest BCUT2D eigenvalue weighted by atomic mass is 32.1. The van der Waals surface area contributed by atoms with Crippen LogP contribution in [-0.4, -0.2) is 15.9 Å². The predicted octanol–water partition coefficient (Wildman–Crippen LogP) is 4.08. The highest BCUT2D eigenvalue weighted by Crippen LogP contribution is 2.20. The molecule has 1 aromatic carbocycles. The summed E-state index contributed by atoms with van der Waals surface area (Å²) < 4.78 is 0. The summed E-state index contributed by atoms with van der Waals surface area (Å²) in [5.74, 6) is 0.660. The maximum atomic E-state index is 12.2. The molecule has 6 heteroatoms. The first-order chi connectivity index (χ1) is 11.6. The maximum Gasteiger partial charge on any atom is 0.230 e. The van der Waals surface area contributed by atoms with Crippen LogP contribution in [0.3, 0.4) is 0 Å². The van der Waals surface area contributed by atoms with E-state index in [1.165, 1.54) is 11.3 Å². The molecule has 3 rings (SSSR count). The van der Waals surface area contributed by atoms with E-state index in [9.17, 15) is 4.79 Å². The molecule has 5 nitrogen and oxygen atoms in total. The van der Waals surface area contributed by atoms with Crippen molar-refractivity contribution in [3.63, 3.8) is 0 Å². The van der Waals surface area contributed by atoms with Crippen molar-refractivity contribution in [1.82, 2.24) is 9.97 Å². The number of carbonyl (C=O) groups excluding carboxylic acids is 1. The number of rotatable bonds is 5. The Kier molecular flexibility index (Phi) is 4.86. The van der Waals surface area contributed by atoms with E-state index in [2.05, 4.69) is 26.7 Å². The maximum absolute atomic E-state index is 12.2. The van der Waals surface area contributed by atoms with E-state index in [-0.39, 0.29) is 12.3 Å². The second kappa shape index (κ2) is 7.23. The van der Waals surface area contributed by atoms with Gasteiger partial charge in [-0.15, -0.1) is 11.3 Å². The van der Waals surface area contributed by atoms with Crippen LogP contribution in [0.2, 0.25) is 0 Å². The average Bonchev–Trinajstić information content (AvgIpc) is 2.94. The largest absolute Gasteiger partial charge is 0.326 e. The van der Waals surface area contributed by atoms with Gasteiger partial charge in [0.25, 0.3) is 0 Å². The number of benzene rings is 1. The van der Waals surface area contributed by atoms with E-state index in [0.29, 0.717) is 0 Å². The van der Waals surface area contributed by atoms with Gasteiger partial charge in [-0.25, -0.2) is 9.97 Å². The fraction of sp³-hybridized carbons (Fsp3) is 0.167. The monoisotopic (exact) mass is 338 g/mol. The standard InChI is InChI=1S/C18H18N4OS/c1-12-7-13(2)9-14(8-12)20-17(23)10-15-11-24-18(21-15)22-16-5-3-4-6-19-16/h3-9,11H,10H2,1-2H3,(H,20,23)(H,19,21,22). The number of aromatic nitrogens is 2. The van der Waals surface area contributed by atoms with Crippen molar-refractivity contribution in [3.8, 4) is 0 Å². The topological polar surface area (TPSA) is 66.9 Å². The number of nitrogens with one attached hydrogen (secondary N) is 2. The summed E-state index contributed by atoms with van der Waals surface area (Å²) in [6.07, 6.45) is 1.96. The second-order valence-electron chi connectivity index (χ2n) is 5.59. The third-order valence-electron chi connectivity index (χ3n) is 3.30. The Hall–Kier alpha value is -2.73. The Bertz CT molecular complexity index is 825. The molecule has 122 valence electrons. The Morgan fingerprint density at radius 2 is 1.96 bits per heavy atom. The second-order valence-corrected chi connectivity index (χ2v) is 6.44. The lowest BCUT2D eigenvalue weighted by atomic mass is 10.1. The van der Waals surface area contributed by atoms with Crippen LogP contribution in [-0.2, 0) is 11.2 Å². The molecule has 2 N–H and O–H groups in total. The lowest BCUT2D eigenvalue weighted by molar-refractivity contribution is -0.115. The summed E-state index contributed by atoms with van der Waals surface area (Å²) in [5, 5.41) is 8.66. The van der Waals surface area contributed by atoms with Crippen molar-refractivity contribution in [3.05, 3.63) is 64.8 Å². The molecule has 0 atom stereocenters. The molecular weight excluding hydrogens is 320 g/mol.